The molecule has 2 aromatic rings. The second-order valence-corrected chi connectivity index (χ2v) is 4.55. The van der Waals surface area contributed by atoms with E-state index in [1.165, 1.54) is 0 Å². The van der Waals surface area contributed by atoms with E-state index in [9.17, 15) is 31.9 Å². The molecule has 2 rings (SSSR count). The molecule has 2 aromatic carbocycles. The predicted molar refractivity (Wildman–Crippen MR) is 66.9 cm³/mol. The average molecular weight is 316 g/mol. The molecule has 22 heavy (non-hydrogen) atoms. The molecule has 0 aliphatic heterocycles. The van der Waals surface area contributed by atoms with Crippen molar-refractivity contribution in [2.45, 2.75) is 11.8 Å². The van der Waals surface area contributed by atoms with Gasteiger partial charge in [0.1, 0.15) is 11.6 Å². The molecule has 0 saturated heterocycles. The molecule has 116 valence electrons. The smallest absolute Gasteiger partial charge is 0.373 e. The maximum atomic E-state index is 12.9. The van der Waals surface area contributed by atoms with E-state index in [0.717, 1.165) is 48.5 Å². The number of hydrogen-bond acceptors (Lipinski definition) is 2. The summed E-state index contributed by atoms with van der Waals surface area (Å²) in [6.07, 6.45) is -5.34. The summed E-state index contributed by atoms with van der Waals surface area (Å²) < 4.78 is 64.3. The standard InChI is InChI=1S/C15H9F5O2/c16-11-5-1-9(2-6-11)14(22,13(21)15(18,19)20)10-3-7-12(17)8-4-10/h1-8,22H. The van der Waals surface area contributed by atoms with Crippen LogP contribution in [0.15, 0.2) is 48.5 Å². The Labute approximate surface area is 121 Å². The normalized spacial score (nSPS) is 12.3. The van der Waals surface area contributed by atoms with Crippen LogP contribution in [0.4, 0.5) is 22.0 Å². The summed E-state index contributed by atoms with van der Waals surface area (Å²) in [7, 11) is 0. The third kappa shape index (κ3) is 2.85. The highest BCUT2D eigenvalue weighted by molar-refractivity contribution is 5.96. The largest absolute Gasteiger partial charge is 0.453 e. The minimum absolute atomic E-state index is 0.470. The molecule has 0 aromatic heterocycles. The zero-order valence-electron chi connectivity index (χ0n) is 10.9. The van der Waals surface area contributed by atoms with Gasteiger partial charge in [0.05, 0.1) is 0 Å². The lowest BCUT2D eigenvalue weighted by Crippen LogP contribution is -2.45. The van der Waals surface area contributed by atoms with Gasteiger partial charge in [0.25, 0.3) is 5.78 Å². The van der Waals surface area contributed by atoms with E-state index in [1.807, 2.05) is 0 Å². The third-order valence-corrected chi connectivity index (χ3v) is 3.11. The van der Waals surface area contributed by atoms with Gasteiger partial charge in [-0.05, 0) is 35.4 Å². The molecule has 0 amide bonds. The number of hydrogen-bond donors (Lipinski definition) is 1. The second kappa shape index (κ2) is 5.49. The van der Waals surface area contributed by atoms with Crippen LogP contribution in [-0.4, -0.2) is 17.1 Å². The number of rotatable bonds is 3. The van der Waals surface area contributed by atoms with Crippen LogP contribution in [0.2, 0.25) is 0 Å². The predicted octanol–water partition coefficient (Wildman–Crippen LogP) is 3.33. The molecular weight excluding hydrogens is 307 g/mol. The van der Waals surface area contributed by atoms with Crippen molar-refractivity contribution in [2.75, 3.05) is 0 Å². The highest BCUT2D eigenvalue weighted by Crippen LogP contribution is 2.37. The Kier molecular flexibility index (Phi) is 4.02. The summed E-state index contributed by atoms with van der Waals surface area (Å²) in [5.41, 5.74) is -4.02. The molecule has 0 bridgehead atoms. The lowest BCUT2D eigenvalue weighted by atomic mass is 9.82. The molecular formula is C15H9F5O2. The molecule has 0 aliphatic rings. The maximum absolute atomic E-state index is 12.9. The quantitative estimate of drug-likeness (QED) is 0.882. The van der Waals surface area contributed by atoms with Crippen LogP contribution >= 0.6 is 0 Å². The van der Waals surface area contributed by atoms with Crippen molar-refractivity contribution in [1.82, 2.24) is 0 Å². The summed E-state index contributed by atoms with van der Waals surface area (Å²) in [6, 6.07) is 6.71. The minimum Gasteiger partial charge on any atom is -0.373 e. The Balaban J connectivity index is 2.66. The van der Waals surface area contributed by atoms with Crippen molar-refractivity contribution in [3.63, 3.8) is 0 Å². The van der Waals surface area contributed by atoms with Crippen LogP contribution in [-0.2, 0) is 10.4 Å². The van der Waals surface area contributed by atoms with Crippen molar-refractivity contribution in [2.24, 2.45) is 0 Å². The van der Waals surface area contributed by atoms with E-state index in [1.54, 1.807) is 0 Å². The molecule has 0 radical (unpaired) electrons. The highest BCUT2D eigenvalue weighted by atomic mass is 19.4. The number of benzene rings is 2. The van der Waals surface area contributed by atoms with Crippen LogP contribution in [0.5, 0.6) is 0 Å². The van der Waals surface area contributed by atoms with E-state index >= 15 is 0 Å². The molecule has 0 aliphatic carbocycles. The summed E-state index contributed by atoms with van der Waals surface area (Å²) >= 11 is 0. The van der Waals surface area contributed by atoms with Crippen molar-refractivity contribution >= 4 is 5.78 Å². The van der Waals surface area contributed by atoms with Gasteiger partial charge in [-0.3, -0.25) is 4.79 Å². The lowest BCUT2D eigenvalue weighted by Gasteiger charge is -2.28. The Morgan fingerprint density at radius 2 is 1.09 bits per heavy atom. The Morgan fingerprint density at radius 1 is 0.773 bits per heavy atom. The van der Waals surface area contributed by atoms with E-state index in [-0.39, 0.29) is 0 Å². The van der Waals surface area contributed by atoms with Gasteiger partial charge in [-0.15, -0.1) is 0 Å². The van der Waals surface area contributed by atoms with Gasteiger partial charge in [0, 0.05) is 0 Å². The Bertz CT molecular complexity index is 629. The zero-order valence-corrected chi connectivity index (χ0v) is 10.9. The van der Waals surface area contributed by atoms with Crippen molar-refractivity contribution < 1.29 is 31.9 Å². The Morgan fingerprint density at radius 3 is 1.36 bits per heavy atom. The lowest BCUT2D eigenvalue weighted by molar-refractivity contribution is -0.187. The fraction of sp³-hybridized carbons (Fsp3) is 0.133. The minimum atomic E-state index is -5.34. The molecule has 1 N–H and O–H groups in total. The summed E-state index contributed by atoms with van der Waals surface area (Å²) in [4.78, 5) is 11.7. The van der Waals surface area contributed by atoms with Crippen LogP contribution in [0.1, 0.15) is 11.1 Å². The molecule has 7 heteroatoms. The summed E-state index contributed by atoms with van der Waals surface area (Å²) in [5, 5.41) is 10.4. The third-order valence-electron chi connectivity index (χ3n) is 3.11. The summed E-state index contributed by atoms with van der Waals surface area (Å²) in [6.45, 7) is 0. The molecule has 0 atom stereocenters. The second-order valence-electron chi connectivity index (χ2n) is 4.55. The van der Waals surface area contributed by atoms with E-state index in [2.05, 4.69) is 0 Å². The first-order valence-corrected chi connectivity index (χ1v) is 6.02. The monoisotopic (exact) mass is 316 g/mol. The molecule has 0 saturated carbocycles. The fourth-order valence-corrected chi connectivity index (χ4v) is 2.02. The van der Waals surface area contributed by atoms with Crippen molar-refractivity contribution in [3.8, 4) is 0 Å². The van der Waals surface area contributed by atoms with Gasteiger partial charge in [0.2, 0.25) is 0 Å². The first kappa shape index (κ1) is 16.1. The fourth-order valence-electron chi connectivity index (χ4n) is 2.02. The Hall–Kier alpha value is -2.28. The van der Waals surface area contributed by atoms with Gasteiger partial charge in [-0.1, -0.05) is 24.3 Å². The van der Waals surface area contributed by atoms with E-state index < -0.39 is 40.3 Å². The molecule has 0 heterocycles. The number of Topliss-reactive ketones (excluding diaryl/α,β-unsaturated/α-hetero) is 1. The maximum Gasteiger partial charge on any atom is 0.453 e. The molecule has 0 spiro atoms. The topological polar surface area (TPSA) is 37.3 Å². The van der Waals surface area contributed by atoms with Gasteiger partial charge >= 0.3 is 6.18 Å². The van der Waals surface area contributed by atoms with Gasteiger partial charge < -0.3 is 5.11 Å². The van der Waals surface area contributed by atoms with Crippen LogP contribution in [0, 0.1) is 11.6 Å². The summed E-state index contributed by atoms with van der Waals surface area (Å²) in [5.74, 6) is -3.94. The number of alkyl halides is 3. The molecule has 0 fully saturated rings. The van der Waals surface area contributed by atoms with Gasteiger partial charge in [-0.25, -0.2) is 8.78 Å². The van der Waals surface area contributed by atoms with Crippen molar-refractivity contribution in [1.29, 1.82) is 0 Å². The number of halogens is 5. The van der Waals surface area contributed by atoms with Crippen molar-refractivity contribution in [3.05, 3.63) is 71.3 Å². The average Bonchev–Trinajstić information content (AvgIpc) is 2.46. The first-order chi connectivity index (χ1) is 10.2. The number of ketones is 1. The highest BCUT2D eigenvalue weighted by Gasteiger charge is 2.54. The molecule has 0 unspecified atom stereocenters. The number of aliphatic hydroxyl groups is 1. The zero-order chi connectivity index (χ0) is 16.5. The number of carbonyl (C=O) groups is 1. The number of carbonyl (C=O) groups excluding carboxylic acids is 1. The van der Waals surface area contributed by atoms with Crippen LogP contribution < -0.4 is 0 Å². The van der Waals surface area contributed by atoms with Crippen LogP contribution in [0.3, 0.4) is 0 Å². The van der Waals surface area contributed by atoms with Gasteiger partial charge in [0.15, 0.2) is 5.60 Å². The van der Waals surface area contributed by atoms with Crippen LogP contribution in [0.25, 0.3) is 0 Å². The SMILES string of the molecule is O=C(C(F)(F)F)C(O)(c1ccc(F)cc1)c1ccc(F)cc1. The van der Waals surface area contributed by atoms with Gasteiger partial charge in [-0.2, -0.15) is 13.2 Å². The first-order valence-electron chi connectivity index (χ1n) is 6.02. The van der Waals surface area contributed by atoms with E-state index in [4.69, 9.17) is 0 Å². The van der Waals surface area contributed by atoms with E-state index in [0.29, 0.717) is 0 Å². The molecule has 2 nitrogen and oxygen atoms in total.